The number of rotatable bonds is 7. The van der Waals surface area contributed by atoms with Gasteiger partial charge in [0.05, 0.1) is 24.0 Å². The number of nitrogens with zero attached hydrogens (tertiary/aromatic N) is 3. The number of hydrogen-bond acceptors (Lipinski definition) is 6. The van der Waals surface area contributed by atoms with Crippen LogP contribution < -0.4 is 10.1 Å². The van der Waals surface area contributed by atoms with Crippen molar-refractivity contribution in [1.29, 1.82) is 0 Å². The first-order valence-electron chi connectivity index (χ1n) is 11.8. The van der Waals surface area contributed by atoms with Gasteiger partial charge >= 0.3 is 6.09 Å². The predicted molar refractivity (Wildman–Crippen MR) is 124 cm³/mol. The number of halogens is 1. The lowest BCUT2D eigenvalue weighted by atomic mass is 9.92. The molecule has 33 heavy (non-hydrogen) atoms. The molecule has 1 amide bonds. The average molecular weight is 457 g/mol. The Morgan fingerprint density at radius 1 is 1.24 bits per heavy atom. The molecule has 0 aliphatic carbocycles. The van der Waals surface area contributed by atoms with E-state index in [9.17, 15) is 9.18 Å². The minimum Gasteiger partial charge on any atom is -0.477 e. The van der Waals surface area contributed by atoms with Crippen molar-refractivity contribution in [2.75, 3.05) is 11.9 Å². The molecule has 2 unspecified atom stereocenters. The van der Waals surface area contributed by atoms with Crippen molar-refractivity contribution in [2.45, 2.75) is 78.0 Å². The molecule has 2 saturated heterocycles. The van der Waals surface area contributed by atoms with E-state index < -0.39 is 0 Å². The number of nitrogens with one attached hydrogen (secondary N) is 1. The molecular formula is C25H33FN4O3. The molecule has 2 aromatic rings. The number of ether oxygens (including phenoxy) is 2. The lowest BCUT2D eigenvalue weighted by Gasteiger charge is -2.38. The van der Waals surface area contributed by atoms with Crippen molar-refractivity contribution in [1.82, 2.24) is 14.9 Å². The molecule has 178 valence electrons. The van der Waals surface area contributed by atoms with Crippen molar-refractivity contribution >= 4 is 17.6 Å². The van der Waals surface area contributed by atoms with E-state index in [1.165, 1.54) is 12.4 Å². The predicted octanol–water partition coefficient (Wildman–Crippen LogP) is 5.40. The van der Waals surface area contributed by atoms with Crippen LogP contribution in [0.5, 0.6) is 5.88 Å². The highest BCUT2D eigenvalue weighted by molar-refractivity contribution is 5.69. The first kappa shape index (κ1) is 23.3. The number of anilines is 2. The summed E-state index contributed by atoms with van der Waals surface area (Å²) in [6.07, 6.45) is 5.72. The number of piperidine rings is 1. The summed E-state index contributed by atoms with van der Waals surface area (Å²) in [7, 11) is 0. The molecule has 2 aliphatic rings. The van der Waals surface area contributed by atoms with Crippen LogP contribution in [0.1, 0.15) is 57.6 Å². The summed E-state index contributed by atoms with van der Waals surface area (Å²) in [4.78, 5) is 23.0. The Morgan fingerprint density at radius 3 is 2.61 bits per heavy atom. The van der Waals surface area contributed by atoms with Gasteiger partial charge in [-0.1, -0.05) is 13.0 Å². The average Bonchev–Trinajstić information content (AvgIpc) is 3.05. The third kappa shape index (κ3) is 5.20. The van der Waals surface area contributed by atoms with Crippen LogP contribution in [0.2, 0.25) is 0 Å². The number of benzene rings is 1. The number of aryl methyl sites for hydroxylation is 1. The molecule has 7 nitrogen and oxygen atoms in total. The Morgan fingerprint density at radius 2 is 1.97 bits per heavy atom. The highest BCUT2D eigenvalue weighted by Crippen LogP contribution is 2.39. The lowest BCUT2D eigenvalue weighted by Crippen LogP contribution is -2.48. The van der Waals surface area contributed by atoms with Crippen LogP contribution >= 0.6 is 0 Å². The van der Waals surface area contributed by atoms with Crippen LogP contribution in [-0.2, 0) is 11.2 Å². The van der Waals surface area contributed by atoms with Gasteiger partial charge in [0.2, 0.25) is 5.88 Å². The second kappa shape index (κ2) is 9.93. The van der Waals surface area contributed by atoms with Gasteiger partial charge in [0.25, 0.3) is 0 Å². The molecule has 1 aromatic carbocycles. The minimum atomic E-state index is -0.312. The van der Waals surface area contributed by atoms with Crippen molar-refractivity contribution < 1.29 is 18.7 Å². The monoisotopic (exact) mass is 456 g/mol. The molecule has 4 rings (SSSR count). The van der Waals surface area contributed by atoms with E-state index in [0.717, 1.165) is 43.2 Å². The molecule has 1 N–H and O–H groups in total. The number of fused-ring (bicyclic) bond motifs is 2. The second-order valence-electron chi connectivity index (χ2n) is 9.32. The molecule has 2 bridgehead atoms. The first-order chi connectivity index (χ1) is 15.9. The largest absolute Gasteiger partial charge is 0.477 e. The number of aromatic nitrogens is 2. The van der Waals surface area contributed by atoms with Gasteiger partial charge in [0, 0.05) is 12.1 Å². The fourth-order valence-corrected chi connectivity index (χ4v) is 4.90. The standard InChI is InChI=1S/C25H33FN4O3/c1-5-17-6-9-22(21(26)12-17)29-23-16(4)24(28-14-27-23)32-13-18-10-19-7-8-20(11-18)30(19)25(31)33-15(2)3/h6,9,12,14-15,18-20H,5,7-8,10-11,13H2,1-4H3,(H,27,28,29). The molecule has 0 radical (unpaired) electrons. The van der Waals surface area contributed by atoms with Crippen molar-refractivity contribution in [3.63, 3.8) is 0 Å². The van der Waals surface area contributed by atoms with Crippen LogP contribution in [0.25, 0.3) is 0 Å². The van der Waals surface area contributed by atoms with Gasteiger partial charge in [-0.2, -0.15) is 0 Å². The summed E-state index contributed by atoms with van der Waals surface area (Å²) in [6, 6.07) is 5.58. The van der Waals surface area contributed by atoms with E-state index in [1.54, 1.807) is 6.07 Å². The Balaban J connectivity index is 1.38. The smallest absolute Gasteiger partial charge is 0.410 e. The van der Waals surface area contributed by atoms with Gasteiger partial charge in [-0.05, 0) is 76.5 Å². The molecule has 2 fully saturated rings. The molecule has 1 aromatic heterocycles. The highest BCUT2D eigenvalue weighted by atomic mass is 19.1. The van der Waals surface area contributed by atoms with Gasteiger partial charge in [0.1, 0.15) is 18.0 Å². The summed E-state index contributed by atoms with van der Waals surface area (Å²) in [5, 5.41) is 3.06. The molecule has 2 aliphatic heterocycles. The third-order valence-electron chi connectivity index (χ3n) is 6.57. The van der Waals surface area contributed by atoms with Gasteiger partial charge < -0.3 is 19.7 Å². The number of carbonyl (C=O) groups is 1. The number of carbonyl (C=O) groups excluding carboxylic acids is 1. The zero-order valence-corrected chi connectivity index (χ0v) is 19.8. The fourth-order valence-electron chi connectivity index (χ4n) is 4.90. The SMILES string of the molecule is CCc1ccc(Nc2ncnc(OCC3CC4CCC(C3)N4C(=O)OC(C)C)c2C)c(F)c1. The van der Waals surface area contributed by atoms with E-state index in [0.29, 0.717) is 29.9 Å². The Labute approximate surface area is 194 Å². The molecule has 2 atom stereocenters. The first-order valence-corrected chi connectivity index (χ1v) is 11.8. The normalized spacial score (nSPS) is 21.9. The molecule has 0 saturated carbocycles. The summed E-state index contributed by atoms with van der Waals surface area (Å²) in [5.41, 5.74) is 2.05. The zero-order valence-electron chi connectivity index (χ0n) is 19.8. The summed E-state index contributed by atoms with van der Waals surface area (Å²) in [5.74, 6) is 1.05. The molecule has 8 heteroatoms. The Kier molecular flexibility index (Phi) is 7.00. The fraction of sp³-hybridized carbons (Fsp3) is 0.560. The van der Waals surface area contributed by atoms with Crippen LogP contribution in [0.3, 0.4) is 0 Å². The summed E-state index contributed by atoms with van der Waals surface area (Å²) in [6.45, 7) is 8.14. The maximum atomic E-state index is 14.4. The van der Waals surface area contributed by atoms with Crippen molar-refractivity contribution in [3.8, 4) is 5.88 Å². The Bertz CT molecular complexity index is 986. The molecular weight excluding hydrogens is 423 g/mol. The number of amides is 1. The zero-order chi connectivity index (χ0) is 23.5. The maximum absolute atomic E-state index is 14.4. The van der Waals surface area contributed by atoms with Crippen LogP contribution in [-0.4, -0.2) is 45.8 Å². The Hall–Kier alpha value is -2.90. The maximum Gasteiger partial charge on any atom is 0.410 e. The quantitative estimate of drug-likeness (QED) is 0.601. The van der Waals surface area contributed by atoms with Crippen LogP contribution in [0.4, 0.5) is 20.7 Å². The van der Waals surface area contributed by atoms with Crippen molar-refractivity contribution in [2.24, 2.45) is 5.92 Å². The topological polar surface area (TPSA) is 76.6 Å². The molecule has 3 heterocycles. The van der Waals surface area contributed by atoms with E-state index in [1.807, 2.05) is 38.7 Å². The highest BCUT2D eigenvalue weighted by Gasteiger charge is 2.44. The van der Waals surface area contributed by atoms with Crippen LogP contribution in [0, 0.1) is 18.7 Å². The van der Waals surface area contributed by atoms with Gasteiger partial charge in [-0.15, -0.1) is 0 Å². The van der Waals surface area contributed by atoms with Gasteiger partial charge in [0.15, 0.2) is 0 Å². The summed E-state index contributed by atoms with van der Waals surface area (Å²) < 4.78 is 25.9. The van der Waals surface area contributed by atoms with Gasteiger partial charge in [-0.25, -0.2) is 19.2 Å². The van der Waals surface area contributed by atoms with E-state index in [2.05, 4.69) is 15.3 Å². The van der Waals surface area contributed by atoms with Crippen LogP contribution in [0.15, 0.2) is 24.5 Å². The summed E-state index contributed by atoms with van der Waals surface area (Å²) >= 11 is 0. The van der Waals surface area contributed by atoms with Gasteiger partial charge in [-0.3, -0.25) is 0 Å². The number of hydrogen-bond donors (Lipinski definition) is 1. The third-order valence-corrected chi connectivity index (χ3v) is 6.57. The van der Waals surface area contributed by atoms with E-state index in [-0.39, 0.29) is 30.1 Å². The lowest BCUT2D eigenvalue weighted by molar-refractivity contribution is 0.0335. The van der Waals surface area contributed by atoms with E-state index >= 15 is 0 Å². The second-order valence-corrected chi connectivity index (χ2v) is 9.32. The minimum absolute atomic E-state index is 0.112. The van der Waals surface area contributed by atoms with E-state index in [4.69, 9.17) is 9.47 Å². The molecule has 0 spiro atoms. The van der Waals surface area contributed by atoms with Crippen molar-refractivity contribution in [3.05, 3.63) is 41.5 Å².